The Hall–Kier alpha value is -2.21. The molecule has 1 aromatic carbocycles. The standard InChI is InChI=1S/C15H19N3/c1-17(2)15(18(3)4)12-14(10-11-16)13-8-6-5-7-9-13/h5-10,12H,1-4H3/b14-10-. The normalized spacial score (nSPS) is 10.5. The molecule has 0 N–H and O–H groups in total. The van der Waals surface area contributed by atoms with Crippen LogP contribution in [0.5, 0.6) is 0 Å². The zero-order valence-electron chi connectivity index (χ0n) is 11.4. The van der Waals surface area contributed by atoms with Crippen molar-refractivity contribution < 1.29 is 0 Å². The third-order valence-electron chi connectivity index (χ3n) is 2.53. The van der Waals surface area contributed by atoms with Crippen molar-refractivity contribution in [2.75, 3.05) is 28.2 Å². The highest BCUT2D eigenvalue weighted by Crippen LogP contribution is 2.18. The largest absolute Gasteiger partial charge is 0.364 e. The van der Waals surface area contributed by atoms with Crippen LogP contribution < -0.4 is 0 Å². The molecule has 1 aromatic rings. The van der Waals surface area contributed by atoms with Gasteiger partial charge in [0.05, 0.1) is 6.07 Å². The van der Waals surface area contributed by atoms with Gasteiger partial charge in [-0.2, -0.15) is 5.26 Å². The van der Waals surface area contributed by atoms with E-state index in [4.69, 9.17) is 5.26 Å². The van der Waals surface area contributed by atoms with E-state index >= 15 is 0 Å². The molecule has 18 heavy (non-hydrogen) atoms. The smallest absolute Gasteiger partial charge is 0.103 e. The van der Waals surface area contributed by atoms with Crippen LogP contribution in [0.15, 0.2) is 48.3 Å². The van der Waals surface area contributed by atoms with E-state index in [0.29, 0.717) is 0 Å². The first-order chi connectivity index (χ1) is 8.56. The maximum atomic E-state index is 8.91. The predicted octanol–water partition coefficient (Wildman–Crippen LogP) is 2.56. The molecule has 0 aliphatic carbocycles. The lowest BCUT2D eigenvalue weighted by Gasteiger charge is -2.25. The van der Waals surface area contributed by atoms with Crippen molar-refractivity contribution >= 4 is 5.57 Å². The quantitative estimate of drug-likeness (QED) is 0.599. The van der Waals surface area contributed by atoms with Crippen LogP contribution in [0.25, 0.3) is 5.57 Å². The lowest BCUT2D eigenvalue weighted by Crippen LogP contribution is -2.24. The first kappa shape index (κ1) is 13.9. The minimum absolute atomic E-state index is 0.913. The molecule has 0 spiro atoms. The van der Waals surface area contributed by atoms with Gasteiger partial charge >= 0.3 is 0 Å². The molecular weight excluding hydrogens is 222 g/mol. The summed E-state index contributed by atoms with van der Waals surface area (Å²) in [4.78, 5) is 4.04. The Kier molecular flexibility index (Phi) is 5.01. The first-order valence-corrected chi connectivity index (χ1v) is 5.78. The van der Waals surface area contributed by atoms with E-state index in [1.54, 1.807) is 6.08 Å². The number of allylic oxidation sites excluding steroid dienone is 3. The van der Waals surface area contributed by atoms with Crippen LogP contribution in [0.2, 0.25) is 0 Å². The van der Waals surface area contributed by atoms with Crippen LogP contribution in [0.3, 0.4) is 0 Å². The predicted molar refractivity (Wildman–Crippen MR) is 75.5 cm³/mol. The number of nitrogens with zero attached hydrogens (tertiary/aromatic N) is 3. The third-order valence-corrected chi connectivity index (χ3v) is 2.53. The minimum atomic E-state index is 0.913. The maximum Gasteiger partial charge on any atom is 0.103 e. The molecular formula is C15H19N3. The Morgan fingerprint density at radius 3 is 2.06 bits per heavy atom. The van der Waals surface area contributed by atoms with E-state index in [1.165, 1.54) is 0 Å². The summed E-state index contributed by atoms with van der Waals surface area (Å²) in [5.41, 5.74) is 1.95. The lowest BCUT2D eigenvalue weighted by molar-refractivity contribution is 0.343. The van der Waals surface area contributed by atoms with E-state index in [2.05, 4.69) is 6.07 Å². The van der Waals surface area contributed by atoms with Crippen molar-refractivity contribution in [3.63, 3.8) is 0 Å². The molecule has 0 bridgehead atoms. The van der Waals surface area contributed by atoms with Gasteiger partial charge in [0.25, 0.3) is 0 Å². The summed E-state index contributed by atoms with van der Waals surface area (Å²) in [6.07, 6.45) is 3.58. The fraction of sp³-hybridized carbons (Fsp3) is 0.267. The number of rotatable bonds is 4. The fourth-order valence-corrected chi connectivity index (χ4v) is 1.71. The van der Waals surface area contributed by atoms with Crippen molar-refractivity contribution in [2.45, 2.75) is 0 Å². The molecule has 0 unspecified atom stereocenters. The average molecular weight is 241 g/mol. The van der Waals surface area contributed by atoms with Crippen LogP contribution >= 0.6 is 0 Å². The van der Waals surface area contributed by atoms with Gasteiger partial charge in [-0.3, -0.25) is 0 Å². The minimum Gasteiger partial charge on any atom is -0.364 e. The Bertz CT molecular complexity index is 466. The van der Waals surface area contributed by atoms with Gasteiger partial charge in [-0.05, 0) is 17.2 Å². The van der Waals surface area contributed by atoms with Gasteiger partial charge in [-0.1, -0.05) is 30.3 Å². The molecule has 0 heterocycles. The summed E-state index contributed by atoms with van der Waals surface area (Å²) < 4.78 is 0. The molecule has 3 heteroatoms. The third kappa shape index (κ3) is 3.67. The molecule has 0 radical (unpaired) electrons. The molecule has 0 saturated carbocycles. The summed E-state index contributed by atoms with van der Waals surface area (Å²) in [6, 6.07) is 12.0. The zero-order chi connectivity index (χ0) is 13.5. The van der Waals surface area contributed by atoms with Crippen molar-refractivity contribution in [3.05, 3.63) is 53.9 Å². The molecule has 0 saturated heterocycles. The van der Waals surface area contributed by atoms with Gasteiger partial charge in [-0.25, -0.2) is 0 Å². The van der Waals surface area contributed by atoms with E-state index < -0.39 is 0 Å². The van der Waals surface area contributed by atoms with Gasteiger partial charge < -0.3 is 9.80 Å². The second-order valence-electron chi connectivity index (χ2n) is 4.39. The van der Waals surface area contributed by atoms with E-state index in [1.807, 2.05) is 74.4 Å². The zero-order valence-corrected chi connectivity index (χ0v) is 11.4. The SMILES string of the molecule is CN(C)C(=C/C(=C/C#N)c1ccccc1)N(C)C. The first-order valence-electron chi connectivity index (χ1n) is 5.78. The van der Waals surface area contributed by atoms with Crippen LogP contribution in [-0.4, -0.2) is 38.0 Å². The topological polar surface area (TPSA) is 30.3 Å². The van der Waals surface area contributed by atoms with E-state index in [9.17, 15) is 0 Å². The Morgan fingerprint density at radius 2 is 1.61 bits per heavy atom. The summed E-state index contributed by atoms with van der Waals surface area (Å²) in [6.45, 7) is 0. The Balaban J connectivity index is 3.20. The van der Waals surface area contributed by atoms with Crippen LogP contribution in [0.1, 0.15) is 5.56 Å². The maximum absolute atomic E-state index is 8.91. The molecule has 0 atom stereocenters. The van der Waals surface area contributed by atoms with Crippen molar-refractivity contribution in [1.82, 2.24) is 9.80 Å². The van der Waals surface area contributed by atoms with Crippen LogP contribution in [0, 0.1) is 11.3 Å². The molecule has 0 fully saturated rings. The molecule has 0 aliphatic heterocycles. The molecule has 3 nitrogen and oxygen atoms in total. The van der Waals surface area contributed by atoms with Crippen molar-refractivity contribution in [1.29, 1.82) is 5.26 Å². The number of hydrogen-bond acceptors (Lipinski definition) is 3. The van der Waals surface area contributed by atoms with Gasteiger partial charge in [0.1, 0.15) is 5.82 Å². The second-order valence-corrected chi connectivity index (χ2v) is 4.39. The van der Waals surface area contributed by atoms with E-state index in [-0.39, 0.29) is 0 Å². The lowest BCUT2D eigenvalue weighted by atomic mass is 10.1. The van der Waals surface area contributed by atoms with Gasteiger partial charge in [0.15, 0.2) is 0 Å². The van der Waals surface area contributed by atoms with Crippen LogP contribution in [0.4, 0.5) is 0 Å². The molecule has 0 amide bonds. The highest BCUT2D eigenvalue weighted by molar-refractivity contribution is 5.76. The monoisotopic (exact) mass is 241 g/mol. The highest BCUT2D eigenvalue weighted by Gasteiger charge is 2.05. The second kappa shape index (κ2) is 6.51. The summed E-state index contributed by atoms with van der Waals surface area (Å²) >= 11 is 0. The fourth-order valence-electron chi connectivity index (χ4n) is 1.71. The summed E-state index contributed by atoms with van der Waals surface area (Å²) in [7, 11) is 7.95. The van der Waals surface area contributed by atoms with Gasteiger partial charge in [0.2, 0.25) is 0 Å². The number of hydrogen-bond donors (Lipinski definition) is 0. The van der Waals surface area contributed by atoms with Gasteiger partial charge in [0, 0.05) is 34.3 Å². The molecule has 1 rings (SSSR count). The summed E-state index contributed by atoms with van der Waals surface area (Å²) in [5.74, 6) is 1.04. The summed E-state index contributed by atoms with van der Waals surface area (Å²) in [5, 5.41) is 8.91. The molecule has 0 aliphatic rings. The van der Waals surface area contributed by atoms with Gasteiger partial charge in [-0.15, -0.1) is 0 Å². The number of nitriles is 1. The Morgan fingerprint density at radius 1 is 1.06 bits per heavy atom. The van der Waals surface area contributed by atoms with Crippen molar-refractivity contribution in [3.8, 4) is 6.07 Å². The molecule has 94 valence electrons. The van der Waals surface area contributed by atoms with Crippen LogP contribution in [-0.2, 0) is 0 Å². The number of benzene rings is 1. The van der Waals surface area contributed by atoms with Crippen molar-refractivity contribution in [2.24, 2.45) is 0 Å². The average Bonchev–Trinajstić information content (AvgIpc) is 2.34. The van der Waals surface area contributed by atoms with E-state index in [0.717, 1.165) is 17.0 Å². The molecule has 0 aromatic heterocycles. The Labute approximate surface area is 109 Å². The highest BCUT2D eigenvalue weighted by atomic mass is 15.3.